The molecule has 0 bridgehead atoms. The maximum absolute atomic E-state index is 12.7. The lowest BCUT2D eigenvalue weighted by Gasteiger charge is -2.12. The molecule has 29 heavy (non-hydrogen) atoms. The Labute approximate surface area is 173 Å². The van der Waals surface area contributed by atoms with Gasteiger partial charge in [-0.1, -0.05) is 24.3 Å². The topological polar surface area (TPSA) is 81.5 Å². The molecule has 0 aliphatic carbocycles. The van der Waals surface area contributed by atoms with Gasteiger partial charge in [0.05, 0.1) is 23.3 Å². The largest absolute Gasteiger partial charge is 0.496 e. The molecule has 0 heterocycles. The van der Waals surface area contributed by atoms with Crippen molar-refractivity contribution in [3.05, 3.63) is 93.5 Å². The molecule has 0 saturated heterocycles. The van der Waals surface area contributed by atoms with Gasteiger partial charge in [0.15, 0.2) is 0 Å². The molecule has 3 aromatic rings. The van der Waals surface area contributed by atoms with Crippen LogP contribution in [0.3, 0.4) is 0 Å². The Hall–Kier alpha value is -3.32. The van der Waals surface area contributed by atoms with Crippen molar-refractivity contribution in [1.82, 2.24) is 0 Å². The smallest absolute Gasteiger partial charge is 0.274 e. The SMILES string of the molecule is COc1ccc(C(=O)Nc2cccc([N+](=O)[O-])c2C)cc1CSc1ccccc1. The van der Waals surface area contributed by atoms with Crippen LogP contribution in [0.4, 0.5) is 11.4 Å². The highest BCUT2D eigenvalue weighted by Gasteiger charge is 2.16. The van der Waals surface area contributed by atoms with E-state index in [9.17, 15) is 14.9 Å². The number of nitro groups is 1. The molecule has 7 heteroatoms. The molecule has 0 saturated carbocycles. The molecule has 0 fully saturated rings. The number of hydrogen-bond donors (Lipinski definition) is 1. The van der Waals surface area contributed by atoms with Crippen molar-refractivity contribution in [2.24, 2.45) is 0 Å². The minimum Gasteiger partial charge on any atom is -0.496 e. The number of nitrogens with zero attached hydrogens (tertiary/aromatic N) is 1. The lowest BCUT2D eigenvalue weighted by atomic mass is 10.1. The first kappa shape index (κ1) is 20.4. The summed E-state index contributed by atoms with van der Waals surface area (Å²) in [6.07, 6.45) is 0. The number of rotatable bonds is 7. The van der Waals surface area contributed by atoms with Gasteiger partial charge in [0.2, 0.25) is 0 Å². The quantitative estimate of drug-likeness (QED) is 0.319. The van der Waals surface area contributed by atoms with Gasteiger partial charge in [-0.25, -0.2) is 0 Å². The van der Waals surface area contributed by atoms with Gasteiger partial charge in [-0.15, -0.1) is 11.8 Å². The number of ether oxygens (including phenoxy) is 1. The second-order valence-corrected chi connectivity index (χ2v) is 7.34. The second kappa shape index (κ2) is 9.25. The first-order valence-electron chi connectivity index (χ1n) is 8.89. The van der Waals surface area contributed by atoms with Crippen LogP contribution in [-0.4, -0.2) is 17.9 Å². The summed E-state index contributed by atoms with van der Waals surface area (Å²) in [5, 5.41) is 13.9. The van der Waals surface area contributed by atoms with Gasteiger partial charge in [-0.3, -0.25) is 14.9 Å². The number of nitrogens with one attached hydrogen (secondary N) is 1. The monoisotopic (exact) mass is 408 g/mol. The van der Waals surface area contributed by atoms with Crippen LogP contribution in [0.25, 0.3) is 0 Å². The van der Waals surface area contributed by atoms with Crippen LogP contribution >= 0.6 is 11.8 Å². The number of hydrogen-bond acceptors (Lipinski definition) is 5. The molecule has 0 radical (unpaired) electrons. The first-order valence-corrected chi connectivity index (χ1v) is 9.88. The van der Waals surface area contributed by atoms with Gasteiger partial charge in [0, 0.05) is 27.8 Å². The first-order chi connectivity index (χ1) is 14.0. The van der Waals surface area contributed by atoms with E-state index in [1.54, 1.807) is 56.1 Å². The molecule has 1 amide bonds. The van der Waals surface area contributed by atoms with Crippen LogP contribution in [0.15, 0.2) is 71.6 Å². The summed E-state index contributed by atoms with van der Waals surface area (Å²) in [6.45, 7) is 1.61. The fraction of sp³-hybridized carbons (Fsp3) is 0.136. The number of anilines is 1. The molecule has 6 nitrogen and oxygen atoms in total. The Bertz CT molecular complexity index is 1040. The van der Waals surface area contributed by atoms with Gasteiger partial charge in [-0.05, 0) is 43.3 Å². The van der Waals surface area contributed by atoms with Crippen LogP contribution in [0.5, 0.6) is 5.75 Å². The third-order valence-corrected chi connectivity index (χ3v) is 5.49. The Balaban J connectivity index is 1.81. The van der Waals surface area contributed by atoms with E-state index in [0.29, 0.717) is 28.3 Å². The molecule has 0 aromatic heterocycles. The van der Waals surface area contributed by atoms with Gasteiger partial charge in [0.25, 0.3) is 11.6 Å². The highest BCUT2D eigenvalue weighted by Crippen LogP contribution is 2.30. The summed E-state index contributed by atoms with van der Waals surface area (Å²) in [7, 11) is 1.60. The van der Waals surface area contributed by atoms with Crippen LogP contribution in [0.1, 0.15) is 21.5 Å². The predicted octanol–water partition coefficient (Wildman–Crippen LogP) is 5.46. The summed E-state index contributed by atoms with van der Waals surface area (Å²) < 4.78 is 5.43. The number of amides is 1. The summed E-state index contributed by atoms with van der Waals surface area (Å²) in [5.74, 6) is 1.02. The molecule has 0 spiro atoms. The zero-order chi connectivity index (χ0) is 20.8. The molecule has 3 aromatic carbocycles. The van der Waals surface area contributed by atoms with Gasteiger partial charge in [0.1, 0.15) is 5.75 Å². The van der Waals surface area contributed by atoms with Crippen molar-refractivity contribution < 1.29 is 14.5 Å². The molecular weight excluding hydrogens is 388 g/mol. The van der Waals surface area contributed by atoms with Crippen molar-refractivity contribution in [3.8, 4) is 5.75 Å². The molecule has 3 rings (SSSR count). The molecule has 0 aliphatic rings. The number of benzene rings is 3. The Morgan fingerprint density at radius 3 is 2.55 bits per heavy atom. The highest BCUT2D eigenvalue weighted by atomic mass is 32.2. The molecule has 0 atom stereocenters. The molecule has 0 unspecified atom stereocenters. The fourth-order valence-electron chi connectivity index (χ4n) is 2.86. The van der Waals surface area contributed by atoms with Gasteiger partial charge in [-0.2, -0.15) is 0 Å². The fourth-order valence-corrected chi connectivity index (χ4v) is 3.76. The predicted molar refractivity (Wildman–Crippen MR) is 115 cm³/mol. The van der Waals surface area contributed by atoms with Crippen LogP contribution in [-0.2, 0) is 5.75 Å². The van der Waals surface area contributed by atoms with E-state index in [4.69, 9.17) is 4.74 Å². The van der Waals surface area contributed by atoms with Gasteiger partial charge < -0.3 is 10.1 Å². The summed E-state index contributed by atoms with van der Waals surface area (Å²) in [5.41, 5.74) is 2.15. The average Bonchev–Trinajstić information content (AvgIpc) is 2.74. The summed E-state index contributed by atoms with van der Waals surface area (Å²) in [4.78, 5) is 24.5. The Kier molecular flexibility index (Phi) is 6.51. The standard InChI is InChI=1S/C22H20N2O4S/c1-15-19(9-6-10-20(15)24(26)27)23-22(25)16-11-12-21(28-2)17(13-16)14-29-18-7-4-3-5-8-18/h3-13H,14H2,1-2H3,(H,23,25). The van der Waals surface area contributed by atoms with Crippen molar-refractivity contribution >= 4 is 29.0 Å². The average molecular weight is 408 g/mol. The third kappa shape index (κ3) is 4.94. The Morgan fingerprint density at radius 1 is 1.10 bits per heavy atom. The number of methoxy groups -OCH3 is 1. The summed E-state index contributed by atoms with van der Waals surface area (Å²) in [6, 6.07) is 19.8. The number of thioether (sulfide) groups is 1. The normalized spacial score (nSPS) is 10.4. The summed E-state index contributed by atoms with van der Waals surface area (Å²) >= 11 is 1.65. The van der Waals surface area contributed by atoms with Crippen LogP contribution in [0.2, 0.25) is 0 Å². The van der Waals surface area contributed by atoms with Crippen molar-refractivity contribution in [2.75, 3.05) is 12.4 Å². The number of carbonyl (C=O) groups is 1. The van der Waals surface area contributed by atoms with E-state index in [-0.39, 0.29) is 11.6 Å². The van der Waals surface area contributed by atoms with Crippen molar-refractivity contribution in [3.63, 3.8) is 0 Å². The van der Waals surface area contributed by atoms with Crippen molar-refractivity contribution in [1.29, 1.82) is 0 Å². The van der Waals surface area contributed by atoms with Crippen molar-refractivity contribution in [2.45, 2.75) is 17.6 Å². The second-order valence-electron chi connectivity index (χ2n) is 6.29. The third-order valence-electron chi connectivity index (χ3n) is 4.43. The molecular formula is C22H20N2O4S. The number of carbonyl (C=O) groups excluding carboxylic acids is 1. The maximum atomic E-state index is 12.7. The molecule has 0 aliphatic heterocycles. The zero-order valence-corrected chi connectivity index (χ0v) is 16.9. The van der Waals surface area contributed by atoms with E-state index in [2.05, 4.69) is 5.32 Å². The highest BCUT2D eigenvalue weighted by molar-refractivity contribution is 7.98. The Morgan fingerprint density at radius 2 is 1.86 bits per heavy atom. The number of nitro benzene ring substituents is 1. The lowest BCUT2D eigenvalue weighted by molar-refractivity contribution is -0.385. The minimum absolute atomic E-state index is 0.0301. The van der Waals surface area contributed by atoms with E-state index in [1.165, 1.54) is 6.07 Å². The zero-order valence-electron chi connectivity index (χ0n) is 16.0. The lowest BCUT2D eigenvalue weighted by Crippen LogP contribution is -2.13. The van der Waals surface area contributed by atoms with E-state index in [0.717, 1.165) is 10.5 Å². The van der Waals surface area contributed by atoms with E-state index < -0.39 is 4.92 Å². The maximum Gasteiger partial charge on any atom is 0.274 e. The molecule has 148 valence electrons. The van der Waals surface area contributed by atoms with E-state index in [1.807, 2.05) is 30.3 Å². The van der Waals surface area contributed by atoms with Crippen LogP contribution in [0, 0.1) is 17.0 Å². The molecule has 1 N–H and O–H groups in total. The van der Waals surface area contributed by atoms with Gasteiger partial charge >= 0.3 is 0 Å². The van der Waals surface area contributed by atoms with Crippen LogP contribution < -0.4 is 10.1 Å². The minimum atomic E-state index is -0.461. The van der Waals surface area contributed by atoms with E-state index >= 15 is 0 Å².